The molecule has 1 atom stereocenters. The first-order valence-corrected chi connectivity index (χ1v) is 10.8. The summed E-state index contributed by atoms with van der Waals surface area (Å²) < 4.78 is 18.8. The molecule has 3 heterocycles. The van der Waals surface area contributed by atoms with Crippen LogP contribution in [0.4, 0.5) is 0 Å². The van der Waals surface area contributed by atoms with Gasteiger partial charge in [0.2, 0.25) is 11.3 Å². The maximum absolute atomic E-state index is 12.1. The zero-order chi connectivity index (χ0) is 22.8. The number of nitrogens with zero attached hydrogens (tertiary/aromatic N) is 2. The van der Waals surface area contributed by atoms with Gasteiger partial charge in [-0.15, -0.1) is 0 Å². The molecule has 7 nitrogen and oxygen atoms in total. The summed E-state index contributed by atoms with van der Waals surface area (Å²) in [6.07, 6.45) is 5.15. The quantitative estimate of drug-likeness (QED) is 0.327. The molecule has 7 heteroatoms. The van der Waals surface area contributed by atoms with Crippen LogP contribution < -0.4 is 16.0 Å². The molecule has 0 aliphatic heterocycles. The van der Waals surface area contributed by atoms with Crippen LogP contribution in [0, 0.1) is 0 Å². The molecular weight excluding hydrogens is 420 g/mol. The Balaban J connectivity index is 1.68. The van der Waals surface area contributed by atoms with E-state index in [0.29, 0.717) is 17.7 Å². The lowest BCUT2D eigenvalue weighted by Gasteiger charge is -2.20. The third-order valence-corrected chi connectivity index (χ3v) is 5.65. The Bertz CT molecular complexity index is 1520. The molecule has 0 amide bonds. The Labute approximate surface area is 188 Å². The van der Waals surface area contributed by atoms with E-state index >= 15 is 0 Å². The number of hydrogen-bond acceptors (Lipinski definition) is 6. The number of pyridine rings is 1. The van der Waals surface area contributed by atoms with Crippen molar-refractivity contribution in [2.24, 2.45) is 0 Å². The highest BCUT2D eigenvalue weighted by molar-refractivity contribution is 6.03. The Hall–Kier alpha value is -4.13. The summed E-state index contributed by atoms with van der Waals surface area (Å²) in [5, 5.41) is 0.645. The van der Waals surface area contributed by atoms with Crippen molar-refractivity contribution in [2.75, 3.05) is 0 Å². The molecule has 0 spiro atoms. The summed E-state index contributed by atoms with van der Waals surface area (Å²) in [7, 11) is 0. The first-order valence-electron chi connectivity index (χ1n) is 10.8. The smallest absolute Gasteiger partial charge is 0.424 e. The van der Waals surface area contributed by atoms with Gasteiger partial charge in [-0.3, -0.25) is 4.98 Å². The van der Waals surface area contributed by atoms with E-state index in [1.807, 2.05) is 65.2 Å². The lowest BCUT2D eigenvalue weighted by Crippen LogP contribution is -2.21. The third-order valence-electron chi connectivity index (χ3n) is 5.65. The summed E-state index contributed by atoms with van der Waals surface area (Å²) in [6.45, 7) is 2.49. The summed E-state index contributed by atoms with van der Waals surface area (Å²) in [6, 6.07) is 19.2. The van der Waals surface area contributed by atoms with Crippen LogP contribution in [0.3, 0.4) is 0 Å². The summed E-state index contributed by atoms with van der Waals surface area (Å²) in [5.41, 5.74) is 1.23. The van der Waals surface area contributed by atoms with Crippen LogP contribution in [0.15, 0.2) is 91.5 Å². The average molecular weight is 442 g/mol. The minimum absolute atomic E-state index is 0.134. The molecule has 0 fully saturated rings. The van der Waals surface area contributed by atoms with Crippen LogP contribution in [-0.4, -0.2) is 9.55 Å². The van der Waals surface area contributed by atoms with E-state index in [1.165, 1.54) is 0 Å². The molecule has 0 N–H and O–H groups in total. The third kappa shape index (κ3) is 3.93. The van der Waals surface area contributed by atoms with E-state index in [0.717, 1.165) is 29.5 Å². The lowest BCUT2D eigenvalue weighted by molar-refractivity contribution is 0.306. The molecule has 5 rings (SSSR count). The molecule has 33 heavy (non-hydrogen) atoms. The highest BCUT2D eigenvalue weighted by Gasteiger charge is 2.24. The first kappa shape index (κ1) is 20.8. The van der Waals surface area contributed by atoms with Crippen molar-refractivity contribution < 1.29 is 13.6 Å². The Morgan fingerprint density at radius 2 is 1.73 bits per heavy atom. The normalized spacial score (nSPS) is 12.3. The number of rotatable bonds is 7. The fraction of sp³-hybridized carbons (Fsp3) is 0.192. The zero-order valence-corrected chi connectivity index (χ0v) is 18.1. The number of fused-ring (bicyclic) bond motifs is 3. The van der Waals surface area contributed by atoms with Crippen LogP contribution in [0.2, 0.25) is 0 Å². The fourth-order valence-corrected chi connectivity index (χ4v) is 4.14. The maximum atomic E-state index is 12.1. The van der Waals surface area contributed by atoms with Gasteiger partial charge in [-0.1, -0.05) is 43.7 Å². The van der Waals surface area contributed by atoms with Gasteiger partial charge in [0.1, 0.15) is 12.4 Å². The molecule has 0 radical (unpaired) electrons. The predicted octanol–water partition coefficient (Wildman–Crippen LogP) is 5.06. The minimum Gasteiger partial charge on any atom is -0.489 e. The molecule has 2 aromatic carbocycles. The van der Waals surface area contributed by atoms with Gasteiger partial charge >= 0.3 is 11.3 Å². The van der Waals surface area contributed by atoms with E-state index in [1.54, 1.807) is 12.4 Å². The molecular formula is C26H22N2O5. The van der Waals surface area contributed by atoms with E-state index in [4.69, 9.17) is 13.6 Å². The van der Waals surface area contributed by atoms with Crippen molar-refractivity contribution in [3.05, 3.63) is 105 Å². The van der Waals surface area contributed by atoms with Crippen LogP contribution >= 0.6 is 0 Å². The van der Waals surface area contributed by atoms with Crippen LogP contribution in [0.5, 0.6) is 5.75 Å². The number of benzene rings is 2. The number of ether oxygens (including phenoxy) is 1. The molecule has 0 saturated carbocycles. The summed E-state index contributed by atoms with van der Waals surface area (Å²) in [4.78, 5) is 28.2. The van der Waals surface area contributed by atoms with E-state index in [9.17, 15) is 9.59 Å². The minimum atomic E-state index is -1.03. The fourth-order valence-electron chi connectivity index (χ4n) is 4.14. The van der Waals surface area contributed by atoms with E-state index in [2.05, 4.69) is 11.9 Å². The zero-order valence-electron chi connectivity index (χ0n) is 18.1. The molecule has 0 saturated heterocycles. The second-order valence-corrected chi connectivity index (χ2v) is 7.82. The van der Waals surface area contributed by atoms with Gasteiger partial charge < -0.3 is 18.1 Å². The number of hydrogen-bond donors (Lipinski definition) is 0. The topological polar surface area (TPSA) is 87.5 Å². The van der Waals surface area contributed by atoms with Crippen molar-refractivity contribution >= 4 is 22.2 Å². The monoisotopic (exact) mass is 442 g/mol. The highest BCUT2D eigenvalue weighted by Crippen LogP contribution is 2.36. The summed E-state index contributed by atoms with van der Waals surface area (Å²) in [5.74, 6) is 0.621. The van der Waals surface area contributed by atoms with Crippen molar-refractivity contribution in [2.45, 2.75) is 32.4 Å². The predicted molar refractivity (Wildman–Crippen MR) is 125 cm³/mol. The van der Waals surface area contributed by atoms with Gasteiger partial charge in [-0.2, -0.15) is 0 Å². The van der Waals surface area contributed by atoms with Gasteiger partial charge in [-0.05, 0) is 47.9 Å². The van der Waals surface area contributed by atoms with Crippen molar-refractivity contribution in [3.8, 4) is 5.75 Å². The van der Waals surface area contributed by atoms with Crippen molar-refractivity contribution in [3.63, 3.8) is 0 Å². The van der Waals surface area contributed by atoms with Gasteiger partial charge in [0.05, 0.1) is 16.9 Å². The van der Waals surface area contributed by atoms with Gasteiger partial charge in [0, 0.05) is 12.4 Å². The number of aromatic nitrogens is 2. The molecule has 3 aromatic heterocycles. The second-order valence-electron chi connectivity index (χ2n) is 7.82. The van der Waals surface area contributed by atoms with Crippen LogP contribution in [0.1, 0.15) is 36.9 Å². The first-order chi connectivity index (χ1) is 16.2. The SMILES string of the molecule is CCCC(c1ccncc1)n1c2ccc(OCc3ccccc3)cc2c2oc(=O)c(=O)oc21. The van der Waals surface area contributed by atoms with Gasteiger partial charge in [-0.25, -0.2) is 9.59 Å². The maximum Gasteiger partial charge on any atom is 0.424 e. The van der Waals surface area contributed by atoms with Crippen LogP contribution in [0.25, 0.3) is 22.2 Å². The van der Waals surface area contributed by atoms with Gasteiger partial charge in [0.25, 0.3) is 0 Å². The molecule has 0 aliphatic carbocycles. The molecule has 5 aromatic rings. The molecule has 0 bridgehead atoms. The lowest BCUT2D eigenvalue weighted by atomic mass is 10.0. The Morgan fingerprint density at radius 3 is 2.48 bits per heavy atom. The van der Waals surface area contributed by atoms with E-state index in [-0.39, 0.29) is 17.3 Å². The standard InChI is InChI=1S/C26H22N2O5/c1-2-6-21(18-11-13-27-14-12-18)28-22-10-9-19(31-16-17-7-4-3-5-8-17)15-20(22)23-24(28)33-26(30)25(29)32-23/h3-5,7-15,21H,2,6,16H2,1H3. The van der Waals surface area contributed by atoms with Crippen molar-refractivity contribution in [1.82, 2.24) is 9.55 Å². The second kappa shape index (κ2) is 8.78. The largest absolute Gasteiger partial charge is 0.489 e. The van der Waals surface area contributed by atoms with Crippen molar-refractivity contribution in [1.29, 1.82) is 0 Å². The molecule has 1 unspecified atom stereocenters. The average Bonchev–Trinajstić information content (AvgIpc) is 3.15. The van der Waals surface area contributed by atoms with Crippen LogP contribution in [-0.2, 0) is 6.61 Å². The summed E-state index contributed by atoms with van der Waals surface area (Å²) >= 11 is 0. The Morgan fingerprint density at radius 1 is 0.970 bits per heavy atom. The van der Waals surface area contributed by atoms with Gasteiger partial charge in [0.15, 0.2) is 0 Å². The molecule has 0 aliphatic rings. The highest BCUT2D eigenvalue weighted by atomic mass is 16.5. The van der Waals surface area contributed by atoms with E-state index < -0.39 is 11.3 Å². The molecule has 166 valence electrons. The Kier molecular flexibility index (Phi) is 5.52.